The molecule has 0 bridgehead atoms. The maximum Gasteiger partial charge on any atom is 0.202 e. The maximum absolute atomic E-state index is 13.1. The Kier molecular flexibility index (Phi) is 7.32. The molecule has 3 N–H and O–H groups in total. The van der Waals surface area contributed by atoms with Gasteiger partial charge in [0.15, 0.2) is 9.84 Å². The summed E-state index contributed by atoms with van der Waals surface area (Å²) in [5, 5.41) is 3.77. The third kappa shape index (κ3) is 5.29. The lowest BCUT2D eigenvalue weighted by atomic mass is 10.1. The number of nitrogens with one attached hydrogen (secondary N) is 1. The number of para-hydroxylation sites is 1. The summed E-state index contributed by atoms with van der Waals surface area (Å²) in [7, 11) is -5.98. The number of amidine groups is 1. The Morgan fingerprint density at radius 1 is 1.21 bits per heavy atom. The SMILES string of the molecule is CCc1cc(P(C)(C)=O)ccc1NC1N=C(N)C(Cl)=CN1c1ccccc1S(=O)(=O)C(C)C. The van der Waals surface area contributed by atoms with Crippen LogP contribution in [0.3, 0.4) is 0 Å². The van der Waals surface area contributed by atoms with E-state index in [1.165, 1.54) is 0 Å². The van der Waals surface area contributed by atoms with Gasteiger partial charge >= 0.3 is 0 Å². The number of sulfone groups is 1. The number of anilines is 2. The highest BCUT2D eigenvalue weighted by Crippen LogP contribution is 2.37. The normalized spacial score (nSPS) is 17.1. The van der Waals surface area contributed by atoms with E-state index in [-0.39, 0.29) is 15.8 Å². The number of aryl methyl sites for hydroxylation is 1. The molecule has 0 aromatic heterocycles. The largest absolute Gasteiger partial charge is 0.383 e. The van der Waals surface area contributed by atoms with Crippen molar-refractivity contribution in [3.8, 4) is 0 Å². The van der Waals surface area contributed by atoms with Crippen LogP contribution in [0, 0.1) is 0 Å². The molecule has 0 saturated carbocycles. The van der Waals surface area contributed by atoms with E-state index in [1.807, 2.05) is 25.1 Å². The fourth-order valence-corrected chi connectivity index (χ4v) is 5.77. The van der Waals surface area contributed by atoms with E-state index in [0.717, 1.165) is 16.6 Å². The highest BCUT2D eigenvalue weighted by Gasteiger charge is 2.30. The molecule has 1 unspecified atom stereocenters. The van der Waals surface area contributed by atoms with Crippen LogP contribution in [0.4, 0.5) is 11.4 Å². The second kappa shape index (κ2) is 9.53. The van der Waals surface area contributed by atoms with Crippen molar-refractivity contribution in [1.29, 1.82) is 0 Å². The summed E-state index contributed by atoms with van der Waals surface area (Å²) in [4.78, 5) is 6.35. The quantitative estimate of drug-likeness (QED) is 0.539. The van der Waals surface area contributed by atoms with Gasteiger partial charge in [0.25, 0.3) is 0 Å². The van der Waals surface area contributed by atoms with Crippen LogP contribution >= 0.6 is 18.7 Å². The molecule has 0 radical (unpaired) electrons. The van der Waals surface area contributed by atoms with Crippen molar-refractivity contribution in [2.75, 3.05) is 23.5 Å². The molecule has 0 aliphatic carbocycles. The van der Waals surface area contributed by atoms with Crippen LogP contribution < -0.4 is 21.3 Å². The Morgan fingerprint density at radius 3 is 2.48 bits per heavy atom. The van der Waals surface area contributed by atoms with Gasteiger partial charge in [-0.25, -0.2) is 13.4 Å². The first-order valence-electron chi connectivity index (χ1n) is 10.6. The summed E-state index contributed by atoms with van der Waals surface area (Å²) in [6.45, 7) is 8.78. The second-order valence-electron chi connectivity index (χ2n) is 8.52. The molecular formula is C23H30ClN4O3PS. The molecule has 2 aromatic carbocycles. The molecule has 0 saturated heterocycles. The van der Waals surface area contributed by atoms with E-state index in [2.05, 4.69) is 10.3 Å². The summed E-state index contributed by atoms with van der Waals surface area (Å²) in [6, 6.07) is 12.4. The molecule has 33 heavy (non-hydrogen) atoms. The monoisotopic (exact) mass is 508 g/mol. The Morgan fingerprint density at radius 2 is 1.88 bits per heavy atom. The maximum atomic E-state index is 13.1. The molecule has 10 heteroatoms. The third-order valence-electron chi connectivity index (χ3n) is 5.47. The Balaban J connectivity index is 2.09. The average molecular weight is 509 g/mol. The van der Waals surface area contributed by atoms with E-state index in [4.69, 9.17) is 17.3 Å². The minimum atomic E-state index is -3.57. The molecule has 1 aliphatic rings. The number of halogens is 1. The number of rotatable bonds is 7. The van der Waals surface area contributed by atoms with Gasteiger partial charge in [0, 0.05) is 17.2 Å². The molecule has 178 valence electrons. The number of hydrogen-bond acceptors (Lipinski definition) is 7. The second-order valence-corrected chi connectivity index (χ2v) is 14.6. The Bertz CT molecular complexity index is 1270. The zero-order valence-electron chi connectivity index (χ0n) is 19.4. The fourth-order valence-electron chi connectivity index (χ4n) is 3.47. The van der Waals surface area contributed by atoms with Crippen LogP contribution in [0.5, 0.6) is 0 Å². The van der Waals surface area contributed by atoms with Crippen LogP contribution in [0.15, 0.2) is 63.6 Å². The number of nitrogens with zero attached hydrogens (tertiary/aromatic N) is 2. The smallest absolute Gasteiger partial charge is 0.202 e. The van der Waals surface area contributed by atoms with Gasteiger partial charge in [-0.3, -0.25) is 0 Å². The lowest BCUT2D eigenvalue weighted by Crippen LogP contribution is -2.42. The topological polar surface area (TPSA) is 105 Å². The van der Waals surface area contributed by atoms with E-state index in [9.17, 15) is 13.0 Å². The molecule has 0 amide bonds. The average Bonchev–Trinajstić information content (AvgIpc) is 2.75. The highest BCUT2D eigenvalue weighted by atomic mass is 35.5. The molecule has 0 spiro atoms. The highest BCUT2D eigenvalue weighted by molar-refractivity contribution is 7.92. The zero-order valence-corrected chi connectivity index (χ0v) is 21.9. The van der Waals surface area contributed by atoms with Crippen molar-refractivity contribution in [2.45, 2.75) is 43.6 Å². The van der Waals surface area contributed by atoms with Crippen LogP contribution in [-0.4, -0.2) is 39.1 Å². The zero-order chi connectivity index (χ0) is 24.6. The van der Waals surface area contributed by atoms with Gasteiger partial charge in [0.2, 0.25) is 6.29 Å². The number of aliphatic imine (C=N–C) groups is 1. The first kappa shape index (κ1) is 25.3. The lowest BCUT2D eigenvalue weighted by molar-refractivity contribution is 0.586. The van der Waals surface area contributed by atoms with Crippen molar-refractivity contribution in [3.05, 3.63) is 59.3 Å². The first-order valence-corrected chi connectivity index (χ1v) is 15.2. The molecule has 2 aromatic rings. The molecule has 0 fully saturated rings. The van der Waals surface area contributed by atoms with Crippen molar-refractivity contribution in [1.82, 2.24) is 0 Å². The van der Waals surface area contributed by atoms with Gasteiger partial charge in [-0.15, -0.1) is 0 Å². The number of nitrogens with two attached hydrogens (primary N) is 1. The van der Waals surface area contributed by atoms with Crippen LogP contribution in [-0.2, 0) is 20.8 Å². The molecule has 7 nitrogen and oxygen atoms in total. The summed E-state index contributed by atoms with van der Waals surface area (Å²) in [5.74, 6) is 0.149. The van der Waals surface area contributed by atoms with E-state index in [0.29, 0.717) is 12.1 Å². The number of benzene rings is 2. The van der Waals surface area contributed by atoms with Gasteiger partial charge < -0.3 is 20.5 Å². The molecule has 1 atom stereocenters. The van der Waals surface area contributed by atoms with E-state index in [1.54, 1.807) is 62.5 Å². The van der Waals surface area contributed by atoms with E-state index < -0.39 is 28.5 Å². The van der Waals surface area contributed by atoms with Gasteiger partial charge in [0.05, 0.1) is 20.9 Å². The number of hydrogen-bond donors (Lipinski definition) is 2. The molecule has 1 heterocycles. The van der Waals surface area contributed by atoms with Crippen molar-refractivity contribution < 1.29 is 13.0 Å². The summed E-state index contributed by atoms with van der Waals surface area (Å²) < 4.78 is 38.6. The molecule has 1 aliphatic heterocycles. The van der Waals surface area contributed by atoms with Crippen molar-refractivity contribution >= 4 is 51.1 Å². The van der Waals surface area contributed by atoms with Gasteiger partial charge in [0.1, 0.15) is 13.0 Å². The van der Waals surface area contributed by atoms with Crippen molar-refractivity contribution in [2.24, 2.45) is 10.7 Å². The standard InChI is InChI=1S/C23H30ClN4O3PS/c1-6-16-13-17(32(4,5)29)11-12-19(16)26-23-27-22(25)18(24)14-28(23)20-9-7-8-10-21(20)33(30,31)15(2)3/h7-15,23,26H,6H2,1-5H3,(H2,25,27). The van der Waals surface area contributed by atoms with Gasteiger partial charge in [-0.05, 0) is 69.5 Å². The lowest BCUT2D eigenvalue weighted by Gasteiger charge is -2.34. The van der Waals surface area contributed by atoms with Crippen LogP contribution in [0.25, 0.3) is 0 Å². The third-order valence-corrected chi connectivity index (χ3v) is 9.48. The predicted molar refractivity (Wildman–Crippen MR) is 139 cm³/mol. The Labute approximate surface area is 201 Å². The predicted octanol–water partition coefficient (Wildman–Crippen LogP) is 4.33. The van der Waals surface area contributed by atoms with Crippen molar-refractivity contribution in [3.63, 3.8) is 0 Å². The first-order chi connectivity index (χ1) is 15.4. The summed E-state index contributed by atoms with van der Waals surface area (Å²) >= 11 is 6.29. The molecular weight excluding hydrogens is 479 g/mol. The minimum Gasteiger partial charge on any atom is -0.383 e. The summed E-state index contributed by atoms with van der Waals surface area (Å²) in [5.41, 5.74) is 8.21. The fraction of sp³-hybridized carbons (Fsp3) is 0.348. The summed E-state index contributed by atoms with van der Waals surface area (Å²) in [6.07, 6.45) is 1.56. The Hall–Kier alpha value is -2.28. The van der Waals surface area contributed by atoms with E-state index >= 15 is 0 Å². The van der Waals surface area contributed by atoms with Crippen LogP contribution in [0.2, 0.25) is 0 Å². The van der Waals surface area contributed by atoms with Gasteiger partial charge in [-0.2, -0.15) is 0 Å². The minimum absolute atomic E-state index is 0.149. The van der Waals surface area contributed by atoms with Crippen LogP contribution in [0.1, 0.15) is 26.3 Å². The van der Waals surface area contributed by atoms with Gasteiger partial charge in [-0.1, -0.05) is 30.7 Å². The molecule has 3 rings (SSSR count).